The van der Waals surface area contributed by atoms with Gasteiger partial charge in [-0.25, -0.2) is 24.3 Å². The summed E-state index contributed by atoms with van der Waals surface area (Å²) in [5, 5.41) is 0. The predicted octanol–water partition coefficient (Wildman–Crippen LogP) is 12.6. The summed E-state index contributed by atoms with van der Waals surface area (Å²) in [6.45, 7) is 36.5. The number of benzene rings is 4. The Labute approximate surface area is 473 Å². The van der Waals surface area contributed by atoms with E-state index >= 15 is 0 Å². The minimum Gasteiger partial charge on any atom is -1.00 e. The molecule has 70 heavy (non-hydrogen) atoms. The van der Waals surface area contributed by atoms with Crippen LogP contribution >= 0.6 is 0 Å². The molecule has 0 spiro atoms. The van der Waals surface area contributed by atoms with Crippen LogP contribution in [-0.2, 0) is 81.2 Å². The molecule has 0 atom stereocenters. The van der Waals surface area contributed by atoms with Crippen molar-refractivity contribution in [1.29, 1.82) is 0 Å². The molecule has 0 aliphatic heterocycles. The van der Waals surface area contributed by atoms with E-state index in [-0.39, 0.29) is 57.3 Å². The number of halogens is 2. The van der Waals surface area contributed by atoms with Gasteiger partial charge < -0.3 is 24.8 Å². The summed E-state index contributed by atoms with van der Waals surface area (Å²) in [5.41, 5.74) is 17.9. The smallest absolute Gasteiger partial charge is 0.109 e. The van der Waals surface area contributed by atoms with E-state index in [4.69, 9.17) is 0 Å². The van der Waals surface area contributed by atoms with E-state index in [1.165, 1.54) is 92.4 Å². The topological polar surface area (TPSA) is 0 Å². The first-order valence-electron chi connectivity index (χ1n) is 25.9. The molecule has 376 valence electrons. The van der Waals surface area contributed by atoms with E-state index in [1.807, 2.05) is 71.0 Å². The predicted molar refractivity (Wildman–Crippen MR) is 297 cm³/mol. The molecule has 0 radical (unpaired) electrons. The van der Waals surface area contributed by atoms with E-state index in [0.717, 1.165) is 25.7 Å². The first-order chi connectivity index (χ1) is 31.9. The monoisotopic (exact) mass is 1160 g/mol. The van der Waals surface area contributed by atoms with Crippen LogP contribution < -0.4 is 24.8 Å². The Morgan fingerprint density at radius 1 is 0.443 bits per heavy atom. The van der Waals surface area contributed by atoms with Gasteiger partial charge in [0, 0.05) is 0 Å². The standard InChI is InChI=1S/2C21H25.2C6H14Si.2C5H5.2ClH.2Zr/c2*1-20(2,3)16-9-7-14-11-15-8-10-17(21(4,5)6)13-19(15)18(14)12-16;2*1-3-5-7-6-4-2;2*1-2-4-5-3-1;;;;/h2*7,9-10,12-13H,11H2,1-6H3;2*3-6H2,1-2H3;2*1-3H,4H2;2*1H;;/q2*-1;;;2*-1;;;2*+2/p-2. The number of allylic oxidation sites excluding steroid dienone is 8. The molecule has 4 aromatic rings. The third-order valence-corrected chi connectivity index (χ3v) is 24.2. The normalized spacial score (nSPS) is 13.1. The molecule has 4 aromatic carbocycles. The van der Waals surface area contributed by atoms with E-state index < -0.39 is 0 Å². The van der Waals surface area contributed by atoms with Gasteiger partial charge in [-0.3, -0.25) is 12.2 Å². The largest absolute Gasteiger partial charge is 1.00 e. The Morgan fingerprint density at radius 3 is 0.971 bits per heavy atom. The van der Waals surface area contributed by atoms with Crippen LogP contribution in [0.1, 0.15) is 194 Å². The molecule has 8 rings (SSSR count). The third kappa shape index (κ3) is 22.6. The Balaban J connectivity index is 0.000000461. The van der Waals surface area contributed by atoms with E-state index in [0.29, 0.717) is 0 Å². The van der Waals surface area contributed by atoms with Gasteiger partial charge in [0.15, 0.2) is 0 Å². The summed E-state index contributed by atoms with van der Waals surface area (Å²) in [6.07, 6.45) is 27.7. The van der Waals surface area contributed by atoms with Gasteiger partial charge in [-0.1, -0.05) is 153 Å². The van der Waals surface area contributed by atoms with Crippen LogP contribution in [0.15, 0.2) is 97.1 Å². The maximum Gasteiger partial charge on any atom is -0.109 e. The molecular weight excluding hydrogens is 1080 g/mol. The molecular formula is C64H88Cl2Si2Zr2-2. The van der Waals surface area contributed by atoms with E-state index in [9.17, 15) is 0 Å². The Bertz CT molecular complexity index is 2050. The van der Waals surface area contributed by atoms with E-state index in [1.54, 1.807) is 24.2 Å². The maximum atomic E-state index is 3.53. The molecule has 6 heteroatoms. The molecule has 0 fully saturated rings. The van der Waals surface area contributed by atoms with E-state index in [2.05, 4.69) is 208 Å². The number of hydrogen-bond acceptors (Lipinski definition) is 0. The maximum absolute atomic E-state index is 3.53. The molecule has 0 nitrogen and oxygen atoms in total. The molecule has 0 saturated heterocycles. The summed E-state index contributed by atoms with van der Waals surface area (Å²) < 4.78 is 0. The van der Waals surface area contributed by atoms with Crippen molar-refractivity contribution >= 4 is 10.9 Å². The van der Waals surface area contributed by atoms with Crippen LogP contribution in [0, 0.1) is 24.3 Å². The molecule has 0 saturated carbocycles. The molecule has 0 bridgehead atoms. The summed E-state index contributed by atoms with van der Waals surface area (Å²) in [4.78, 5) is 0. The van der Waals surface area contributed by atoms with Crippen molar-refractivity contribution in [3.05, 3.63) is 166 Å². The van der Waals surface area contributed by atoms with Crippen LogP contribution in [0.5, 0.6) is 0 Å². The fraction of sp³-hybridized carbons (Fsp3) is 0.500. The zero-order chi connectivity index (χ0) is 50.7. The van der Waals surface area contributed by atoms with Crippen molar-refractivity contribution < 1.29 is 71.5 Å². The fourth-order valence-corrected chi connectivity index (χ4v) is 18.4. The van der Waals surface area contributed by atoms with Crippen LogP contribution in [0.2, 0.25) is 24.2 Å². The molecule has 0 heterocycles. The van der Waals surface area contributed by atoms with Gasteiger partial charge in [-0.15, -0.1) is 24.0 Å². The van der Waals surface area contributed by atoms with Crippen molar-refractivity contribution in [2.75, 3.05) is 0 Å². The first kappa shape index (κ1) is 66.6. The van der Waals surface area contributed by atoms with Gasteiger partial charge in [0.1, 0.15) is 0 Å². The molecule has 0 unspecified atom stereocenters. The molecule has 0 aromatic heterocycles. The van der Waals surface area contributed by atoms with Gasteiger partial charge in [0.05, 0.1) is 0 Å². The summed E-state index contributed by atoms with van der Waals surface area (Å²) in [6, 6.07) is 36.3. The second-order valence-electron chi connectivity index (χ2n) is 22.9. The van der Waals surface area contributed by atoms with Crippen LogP contribution in [0.3, 0.4) is 0 Å². The minimum atomic E-state index is 0. The SMILES string of the molecule is CC(C)(C)c1c[c-]c2c(c1)-c1cc(C(C)(C)C)ccc1C2.CC(C)(C)c1c[c-]c2c(c1)-c1cc(C(C)(C)C)ccc1C2.CCC[Si](=[Zr+2])CCC.CCC[Si](=[Zr+2])CCC.[C-]1=CC=CC1.[C-]1=CC=CC1.[Cl-].[Cl-]. The summed E-state index contributed by atoms with van der Waals surface area (Å²) >= 11 is 3.68. The Kier molecular flexibility index (Phi) is 30.6. The first-order valence-corrected chi connectivity index (χ1v) is 37.1. The molecule has 4 aliphatic rings. The van der Waals surface area contributed by atoms with Crippen molar-refractivity contribution in [3.63, 3.8) is 0 Å². The molecule has 4 aliphatic carbocycles. The molecule has 0 amide bonds. The number of fused-ring (bicyclic) bond motifs is 6. The Morgan fingerprint density at radius 2 is 0.743 bits per heavy atom. The quantitative estimate of drug-likeness (QED) is 0.105. The number of hydrogen-bond donors (Lipinski definition) is 0. The number of rotatable bonds is 8. The summed E-state index contributed by atoms with van der Waals surface area (Å²) in [7, 11) is 0. The average molecular weight is 1170 g/mol. The van der Waals surface area contributed by atoms with Crippen molar-refractivity contribution in [2.45, 2.75) is 208 Å². The summed E-state index contributed by atoms with van der Waals surface area (Å²) in [5.74, 6) is 0. The van der Waals surface area contributed by atoms with Gasteiger partial charge in [-0.2, -0.15) is 70.8 Å². The zero-order valence-corrected chi connectivity index (χ0v) is 54.9. The molecule has 0 N–H and O–H groups in total. The zero-order valence-electron chi connectivity index (χ0n) is 46.5. The fourth-order valence-electron chi connectivity index (χ4n) is 8.11. The van der Waals surface area contributed by atoms with Crippen molar-refractivity contribution in [2.24, 2.45) is 0 Å². The Hall–Kier alpha value is -1.38. The van der Waals surface area contributed by atoms with Gasteiger partial charge in [0.2, 0.25) is 0 Å². The third-order valence-electron chi connectivity index (χ3n) is 12.4. The van der Waals surface area contributed by atoms with Gasteiger partial charge in [0.25, 0.3) is 0 Å². The second-order valence-corrected chi connectivity index (χ2v) is 37.7. The minimum absolute atomic E-state index is 0. The second kappa shape index (κ2) is 32.1. The van der Waals surface area contributed by atoms with Gasteiger partial charge >= 0.3 is 135 Å². The van der Waals surface area contributed by atoms with Crippen LogP contribution in [0.4, 0.5) is 0 Å². The van der Waals surface area contributed by atoms with Crippen LogP contribution in [0.25, 0.3) is 22.3 Å². The van der Waals surface area contributed by atoms with Crippen molar-refractivity contribution in [1.82, 2.24) is 0 Å². The average Bonchev–Trinajstić information content (AvgIpc) is 4.12. The van der Waals surface area contributed by atoms with Crippen LogP contribution in [-0.4, -0.2) is 10.9 Å². The van der Waals surface area contributed by atoms with Gasteiger partial charge in [-0.05, 0) is 34.8 Å². The van der Waals surface area contributed by atoms with Crippen molar-refractivity contribution in [3.8, 4) is 22.3 Å².